The largest absolute Gasteiger partial charge is 0.416 e. The van der Waals surface area contributed by atoms with Crippen LogP contribution in [0.25, 0.3) is 5.69 Å². The summed E-state index contributed by atoms with van der Waals surface area (Å²) in [6, 6.07) is 19.9. The highest BCUT2D eigenvalue weighted by atomic mass is 32.2. The lowest BCUT2D eigenvalue weighted by Crippen LogP contribution is -2.55. The number of carbonyl (C=O) groups excluding carboxylic acids is 2. The van der Waals surface area contributed by atoms with Gasteiger partial charge in [-0.25, -0.2) is 0 Å². The standard InChI is InChI=1S/C33H31F6N5O2S/c1-22-21-42(14-15-43(22)30(46)24-18-25(32(34,35)36)20-26(19-24)33(37,38)39)29(45)13-8-16-47-31-41-40-28(17-23-9-4-2-5-10-23)44(31)27-11-6-3-7-12-27/h2-7,9-12,18-20,22H,8,13-17,21H2,1H3. The Kier molecular flexibility index (Phi) is 10.3. The van der Waals surface area contributed by atoms with Gasteiger partial charge < -0.3 is 9.80 Å². The van der Waals surface area contributed by atoms with Crippen molar-refractivity contribution in [2.75, 3.05) is 25.4 Å². The molecule has 7 nitrogen and oxygen atoms in total. The summed E-state index contributed by atoms with van der Waals surface area (Å²) in [4.78, 5) is 28.9. The Morgan fingerprint density at radius 3 is 2.06 bits per heavy atom. The van der Waals surface area contributed by atoms with E-state index in [9.17, 15) is 35.9 Å². The Balaban J connectivity index is 1.18. The summed E-state index contributed by atoms with van der Waals surface area (Å²) in [5, 5.41) is 9.54. The maximum atomic E-state index is 13.3. The zero-order chi connectivity index (χ0) is 33.8. The van der Waals surface area contributed by atoms with Crippen molar-refractivity contribution in [1.29, 1.82) is 0 Å². The fraction of sp³-hybridized carbons (Fsp3) is 0.333. The molecule has 2 heterocycles. The monoisotopic (exact) mass is 675 g/mol. The molecule has 3 aromatic carbocycles. The predicted octanol–water partition coefficient (Wildman–Crippen LogP) is 7.14. The van der Waals surface area contributed by atoms with Crippen LogP contribution in [0.15, 0.2) is 84.0 Å². The highest BCUT2D eigenvalue weighted by Gasteiger charge is 2.39. The van der Waals surface area contributed by atoms with Crippen molar-refractivity contribution >= 4 is 23.6 Å². The molecule has 14 heteroatoms. The number of amides is 2. The number of hydrogen-bond donors (Lipinski definition) is 0. The smallest absolute Gasteiger partial charge is 0.339 e. The van der Waals surface area contributed by atoms with Gasteiger partial charge in [0.15, 0.2) is 5.16 Å². The molecule has 2 amide bonds. The molecule has 0 bridgehead atoms. The van der Waals surface area contributed by atoms with Gasteiger partial charge in [0.1, 0.15) is 5.82 Å². The van der Waals surface area contributed by atoms with Crippen molar-refractivity contribution in [3.8, 4) is 5.69 Å². The van der Waals surface area contributed by atoms with Gasteiger partial charge in [0.25, 0.3) is 5.91 Å². The molecule has 0 radical (unpaired) electrons. The summed E-state index contributed by atoms with van der Waals surface area (Å²) in [5.74, 6) is 0.249. The van der Waals surface area contributed by atoms with Crippen LogP contribution >= 0.6 is 11.8 Å². The SMILES string of the molecule is CC1CN(C(=O)CCCSc2nnc(Cc3ccccc3)n2-c2ccccc2)CCN1C(=O)c1cc(C(F)(F)F)cc(C(F)(F)F)c1. The van der Waals surface area contributed by atoms with Gasteiger partial charge in [-0.15, -0.1) is 10.2 Å². The second kappa shape index (κ2) is 14.2. The van der Waals surface area contributed by atoms with Gasteiger partial charge in [0.2, 0.25) is 5.91 Å². The molecular formula is C33H31F6N5O2S. The Hall–Kier alpha value is -4.33. The third-order valence-electron chi connectivity index (χ3n) is 7.76. The fourth-order valence-corrected chi connectivity index (χ4v) is 6.31. The first-order chi connectivity index (χ1) is 22.3. The van der Waals surface area contributed by atoms with Crippen molar-refractivity contribution in [1.82, 2.24) is 24.6 Å². The average Bonchev–Trinajstić information content (AvgIpc) is 3.44. The number of nitrogens with zero attached hydrogens (tertiary/aromatic N) is 5. The Morgan fingerprint density at radius 2 is 1.47 bits per heavy atom. The maximum Gasteiger partial charge on any atom is 0.416 e. The molecule has 1 fully saturated rings. The summed E-state index contributed by atoms with van der Waals surface area (Å²) in [6.07, 6.45) is -8.80. The number of hydrogen-bond acceptors (Lipinski definition) is 5. The molecule has 1 aliphatic heterocycles. The van der Waals surface area contributed by atoms with Gasteiger partial charge >= 0.3 is 12.4 Å². The topological polar surface area (TPSA) is 71.3 Å². The zero-order valence-electron chi connectivity index (χ0n) is 25.3. The molecule has 0 saturated carbocycles. The van der Waals surface area contributed by atoms with Gasteiger partial charge in [-0.05, 0) is 49.2 Å². The summed E-state index contributed by atoms with van der Waals surface area (Å²) >= 11 is 1.48. The van der Waals surface area contributed by atoms with Crippen LogP contribution in [0.2, 0.25) is 0 Å². The van der Waals surface area contributed by atoms with Crippen LogP contribution in [0.1, 0.15) is 52.6 Å². The molecule has 0 aliphatic carbocycles. The normalized spacial score (nSPS) is 15.6. The summed E-state index contributed by atoms with van der Waals surface area (Å²) in [7, 11) is 0. The number of benzene rings is 3. The molecular weight excluding hydrogens is 644 g/mol. The van der Waals surface area contributed by atoms with Gasteiger partial charge in [0, 0.05) is 55.5 Å². The lowest BCUT2D eigenvalue weighted by Gasteiger charge is -2.40. The molecule has 1 aliphatic rings. The van der Waals surface area contributed by atoms with E-state index in [1.807, 2.05) is 65.2 Å². The zero-order valence-corrected chi connectivity index (χ0v) is 26.1. The van der Waals surface area contributed by atoms with Crippen LogP contribution in [0, 0.1) is 0 Å². The lowest BCUT2D eigenvalue weighted by atomic mass is 10.0. The molecule has 4 aromatic rings. The molecule has 5 rings (SSSR count). The molecule has 1 aromatic heterocycles. The van der Waals surface area contributed by atoms with Gasteiger partial charge in [-0.1, -0.05) is 60.3 Å². The number of aromatic nitrogens is 3. The van der Waals surface area contributed by atoms with Crippen molar-refractivity contribution in [2.45, 2.75) is 49.7 Å². The van der Waals surface area contributed by atoms with E-state index in [4.69, 9.17) is 0 Å². The Labute approximate surface area is 271 Å². The highest BCUT2D eigenvalue weighted by Crippen LogP contribution is 2.37. The number of rotatable bonds is 9. The molecule has 1 saturated heterocycles. The summed E-state index contributed by atoms with van der Waals surface area (Å²) < 4.78 is 81.9. The minimum Gasteiger partial charge on any atom is -0.339 e. The fourth-order valence-electron chi connectivity index (χ4n) is 5.40. The summed E-state index contributed by atoms with van der Waals surface area (Å²) in [5.41, 5.74) is -1.79. The Bertz CT molecular complexity index is 1660. The first-order valence-electron chi connectivity index (χ1n) is 14.9. The molecule has 47 heavy (non-hydrogen) atoms. The van der Waals surface area contributed by atoms with Crippen molar-refractivity contribution in [3.63, 3.8) is 0 Å². The van der Waals surface area contributed by atoms with E-state index in [-0.39, 0.29) is 38.0 Å². The van der Waals surface area contributed by atoms with Crippen LogP contribution in [0.5, 0.6) is 0 Å². The number of thioether (sulfide) groups is 1. The van der Waals surface area contributed by atoms with E-state index in [2.05, 4.69) is 10.2 Å². The van der Waals surface area contributed by atoms with E-state index in [1.54, 1.807) is 11.8 Å². The average molecular weight is 676 g/mol. The second-order valence-electron chi connectivity index (χ2n) is 11.2. The molecule has 0 spiro atoms. The first kappa shape index (κ1) is 34.0. The van der Waals surface area contributed by atoms with Crippen LogP contribution in [0.3, 0.4) is 0 Å². The third kappa shape index (κ3) is 8.34. The van der Waals surface area contributed by atoms with Crippen LogP contribution < -0.4 is 0 Å². The molecule has 0 N–H and O–H groups in total. The minimum atomic E-state index is -5.06. The number of alkyl halides is 6. The molecule has 1 unspecified atom stereocenters. The van der Waals surface area contributed by atoms with Crippen molar-refractivity contribution in [2.24, 2.45) is 0 Å². The maximum absolute atomic E-state index is 13.3. The Morgan fingerprint density at radius 1 is 0.851 bits per heavy atom. The number of piperazine rings is 1. The van der Waals surface area contributed by atoms with Crippen molar-refractivity contribution < 1.29 is 35.9 Å². The van der Waals surface area contributed by atoms with E-state index in [1.165, 1.54) is 16.7 Å². The van der Waals surface area contributed by atoms with E-state index < -0.39 is 41.0 Å². The predicted molar refractivity (Wildman–Crippen MR) is 164 cm³/mol. The number of carbonyl (C=O) groups is 2. The van der Waals surface area contributed by atoms with Crippen LogP contribution in [-0.4, -0.2) is 67.8 Å². The first-order valence-corrected chi connectivity index (χ1v) is 15.8. The van der Waals surface area contributed by atoms with Gasteiger partial charge in [-0.2, -0.15) is 26.3 Å². The van der Waals surface area contributed by atoms with Gasteiger partial charge in [0.05, 0.1) is 11.1 Å². The van der Waals surface area contributed by atoms with E-state index in [0.29, 0.717) is 35.9 Å². The number of para-hydroxylation sites is 1. The summed E-state index contributed by atoms with van der Waals surface area (Å²) in [6.45, 7) is 1.80. The van der Waals surface area contributed by atoms with E-state index in [0.717, 1.165) is 17.1 Å². The van der Waals surface area contributed by atoms with Crippen LogP contribution in [-0.2, 0) is 23.6 Å². The third-order valence-corrected chi connectivity index (χ3v) is 8.78. The van der Waals surface area contributed by atoms with Gasteiger partial charge in [-0.3, -0.25) is 14.2 Å². The molecule has 248 valence electrons. The molecule has 1 atom stereocenters. The van der Waals surface area contributed by atoms with E-state index >= 15 is 0 Å². The minimum absolute atomic E-state index is 0.00964. The quantitative estimate of drug-likeness (QED) is 0.107. The lowest BCUT2D eigenvalue weighted by molar-refractivity contribution is -0.143. The highest BCUT2D eigenvalue weighted by molar-refractivity contribution is 7.99. The second-order valence-corrected chi connectivity index (χ2v) is 12.2. The van der Waals surface area contributed by atoms with Crippen LogP contribution in [0.4, 0.5) is 26.3 Å². The number of halogens is 6. The van der Waals surface area contributed by atoms with Crippen molar-refractivity contribution in [3.05, 3.63) is 107 Å².